The molecule has 0 aromatic heterocycles. The third-order valence-electron chi connectivity index (χ3n) is 1.78. The van der Waals surface area contributed by atoms with Gasteiger partial charge >= 0.3 is 12.2 Å². The average molecular weight is 216 g/mol. The van der Waals surface area contributed by atoms with E-state index >= 15 is 0 Å². The Kier molecular flexibility index (Phi) is 8.52. The summed E-state index contributed by atoms with van der Waals surface area (Å²) in [7, 11) is 0. The number of hydrogen-bond donors (Lipinski definition) is 2. The second-order valence-electron chi connectivity index (χ2n) is 3.24. The smallest absolute Gasteiger partial charge is 0.359 e. The van der Waals surface area contributed by atoms with Gasteiger partial charge in [-0.05, 0) is 12.8 Å². The number of ether oxygens (including phenoxy) is 1. The van der Waals surface area contributed by atoms with Gasteiger partial charge in [-0.2, -0.15) is 0 Å². The van der Waals surface area contributed by atoms with Crippen LogP contribution < -0.4 is 10.6 Å². The van der Waals surface area contributed by atoms with Crippen LogP contribution >= 0.6 is 0 Å². The van der Waals surface area contributed by atoms with Gasteiger partial charge in [0.2, 0.25) is 0 Å². The van der Waals surface area contributed by atoms with Gasteiger partial charge in [0.05, 0.1) is 0 Å². The van der Waals surface area contributed by atoms with E-state index in [0.717, 1.165) is 25.7 Å². The predicted molar refractivity (Wildman–Crippen MR) is 57.7 cm³/mol. The van der Waals surface area contributed by atoms with E-state index in [1.807, 2.05) is 13.8 Å². The number of nitrogens with one attached hydrogen (secondary N) is 2. The van der Waals surface area contributed by atoms with Crippen LogP contribution in [0.25, 0.3) is 0 Å². The van der Waals surface area contributed by atoms with Crippen molar-refractivity contribution in [1.29, 1.82) is 0 Å². The molecule has 0 saturated carbocycles. The monoisotopic (exact) mass is 216 g/mol. The summed E-state index contributed by atoms with van der Waals surface area (Å²) in [5, 5.41) is 4.97. The quantitative estimate of drug-likeness (QED) is 0.527. The molecule has 0 spiro atoms. The molecule has 2 N–H and O–H groups in total. The third kappa shape index (κ3) is 9.05. The van der Waals surface area contributed by atoms with Crippen molar-refractivity contribution in [2.75, 3.05) is 13.1 Å². The fraction of sp³-hybridized carbons (Fsp3) is 0.800. The van der Waals surface area contributed by atoms with Crippen LogP contribution in [0.1, 0.15) is 39.5 Å². The maximum atomic E-state index is 11.0. The minimum Gasteiger partial charge on any atom is -0.359 e. The molecule has 15 heavy (non-hydrogen) atoms. The van der Waals surface area contributed by atoms with Crippen LogP contribution in [0.4, 0.5) is 9.59 Å². The van der Waals surface area contributed by atoms with Crippen molar-refractivity contribution in [3.05, 3.63) is 0 Å². The number of carbonyl (C=O) groups excluding carboxylic acids is 2. The minimum atomic E-state index is -0.683. The summed E-state index contributed by atoms with van der Waals surface area (Å²) in [5.41, 5.74) is 0. The Hall–Kier alpha value is -1.26. The molecular formula is C10H20N2O3. The van der Waals surface area contributed by atoms with E-state index in [1.54, 1.807) is 0 Å². The molecule has 0 aliphatic heterocycles. The molecule has 2 amide bonds. The Morgan fingerprint density at radius 2 is 1.33 bits per heavy atom. The maximum Gasteiger partial charge on any atom is 0.416 e. The molecule has 0 aromatic rings. The molecule has 0 radical (unpaired) electrons. The Balaban J connectivity index is 3.45. The highest BCUT2D eigenvalue weighted by Crippen LogP contribution is 1.87. The summed E-state index contributed by atoms with van der Waals surface area (Å²) < 4.78 is 4.44. The molecule has 0 aromatic carbocycles. The number of unbranched alkanes of at least 4 members (excludes halogenated alkanes) is 2. The van der Waals surface area contributed by atoms with E-state index < -0.39 is 12.2 Å². The van der Waals surface area contributed by atoms with Gasteiger partial charge in [0, 0.05) is 13.1 Å². The second kappa shape index (κ2) is 9.30. The normalized spacial score (nSPS) is 9.47. The van der Waals surface area contributed by atoms with Gasteiger partial charge < -0.3 is 15.4 Å². The van der Waals surface area contributed by atoms with Crippen molar-refractivity contribution in [2.45, 2.75) is 39.5 Å². The molecule has 0 fully saturated rings. The number of alkyl carbamates (subject to hydrolysis) is 2. The van der Waals surface area contributed by atoms with Gasteiger partial charge in [-0.3, -0.25) is 0 Å². The second-order valence-corrected chi connectivity index (χ2v) is 3.24. The van der Waals surface area contributed by atoms with Gasteiger partial charge in [0.15, 0.2) is 0 Å². The average Bonchev–Trinajstić information content (AvgIpc) is 2.18. The summed E-state index contributed by atoms with van der Waals surface area (Å²) in [6, 6.07) is 0. The highest BCUT2D eigenvalue weighted by Gasteiger charge is 2.07. The van der Waals surface area contributed by atoms with Crippen molar-refractivity contribution in [3.63, 3.8) is 0 Å². The molecular weight excluding hydrogens is 196 g/mol. The molecule has 0 atom stereocenters. The number of hydrogen-bond acceptors (Lipinski definition) is 3. The Morgan fingerprint density at radius 1 is 0.933 bits per heavy atom. The van der Waals surface area contributed by atoms with Crippen LogP contribution in [0, 0.1) is 0 Å². The first kappa shape index (κ1) is 13.7. The molecule has 0 bridgehead atoms. The van der Waals surface area contributed by atoms with E-state index in [9.17, 15) is 9.59 Å². The molecule has 0 unspecified atom stereocenters. The van der Waals surface area contributed by atoms with Crippen LogP contribution in [-0.2, 0) is 4.74 Å². The van der Waals surface area contributed by atoms with Crippen molar-refractivity contribution in [3.8, 4) is 0 Å². The van der Waals surface area contributed by atoms with Crippen LogP contribution in [0.2, 0.25) is 0 Å². The van der Waals surface area contributed by atoms with Crippen LogP contribution in [-0.4, -0.2) is 25.3 Å². The molecule has 5 heteroatoms. The topological polar surface area (TPSA) is 67.4 Å². The van der Waals surface area contributed by atoms with Gasteiger partial charge in [-0.25, -0.2) is 9.59 Å². The Labute approximate surface area is 90.6 Å². The molecule has 0 saturated heterocycles. The van der Waals surface area contributed by atoms with Crippen LogP contribution in [0.5, 0.6) is 0 Å². The number of carbonyl (C=O) groups is 2. The number of rotatable bonds is 6. The van der Waals surface area contributed by atoms with E-state index in [-0.39, 0.29) is 0 Å². The fourth-order valence-electron chi connectivity index (χ4n) is 0.891. The molecule has 88 valence electrons. The molecule has 0 aliphatic carbocycles. The standard InChI is InChI=1S/C10H20N2O3/c1-3-5-7-11-9(13)15-10(14)12-8-6-4-2/h3-8H2,1-2H3,(H,11,13)(H,12,14). The maximum absolute atomic E-state index is 11.0. The van der Waals surface area contributed by atoms with Crippen LogP contribution in [0.15, 0.2) is 0 Å². The lowest BCUT2D eigenvalue weighted by Gasteiger charge is -2.05. The largest absolute Gasteiger partial charge is 0.416 e. The van der Waals surface area contributed by atoms with Gasteiger partial charge in [-0.1, -0.05) is 26.7 Å². The van der Waals surface area contributed by atoms with Gasteiger partial charge in [0.25, 0.3) is 0 Å². The lowest BCUT2D eigenvalue weighted by Crippen LogP contribution is -2.33. The molecule has 0 heterocycles. The Morgan fingerprint density at radius 3 is 1.67 bits per heavy atom. The zero-order valence-corrected chi connectivity index (χ0v) is 9.47. The van der Waals surface area contributed by atoms with Crippen LogP contribution in [0.3, 0.4) is 0 Å². The Bertz CT molecular complexity index is 175. The van der Waals surface area contributed by atoms with Crippen molar-refractivity contribution < 1.29 is 14.3 Å². The highest BCUT2D eigenvalue weighted by atomic mass is 16.6. The van der Waals surface area contributed by atoms with Crippen molar-refractivity contribution in [2.24, 2.45) is 0 Å². The molecule has 5 nitrogen and oxygen atoms in total. The fourth-order valence-corrected chi connectivity index (χ4v) is 0.891. The van der Waals surface area contributed by atoms with E-state index in [0.29, 0.717) is 13.1 Å². The predicted octanol–water partition coefficient (Wildman–Crippen LogP) is 2.02. The molecule has 0 rings (SSSR count). The summed E-state index contributed by atoms with van der Waals surface area (Å²) in [4.78, 5) is 21.9. The minimum absolute atomic E-state index is 0.539. The summed E-state index contributed by atoms with van der Waals surface area (Å²) in [5.74, 6) is 0. The summed E-state index contributed by atoms with van der Waals surface area (Å²) in [6.07, 6.45) is 2.38. The third-order valence-corrected chi connectivity index (χ3v) is 1.78. The van der Waals surface area contributed by atoms with Crippen molar-refractivity contribution >= 4 is 12.2 Å². The summed E-state index contributed by atoms with van der Waals surface area (Å²) >= 11 is 0. The zero-order chi connectivity index (χ0) is 11.5. The van der Waals surface area contributed by atoms with Gasteiger partial charge in [0.1, 0.15) is 0 Å². The number of amides is 2. The lowest BCUT2D eigenvalue weighted by atomic mass is 10.3. The van der Waals surface area contributed by atoms with E-state index in [4.69, 9.17) is 0 Å². The first-order valence-corrected chi connectivity index (χ1v) is 5.44. The lowest BCUT2D eigenvalue weighted by molar-refractivity contribution is 0.150. The highest BCUT2D eigenvalue weighted by molar-refractivity contribution is 5.83. The van der Waals surface area contributed by atoms with Gasteiger partial charge in [-0.15, -0.1) is 0 Å². The molecule has 0 aliphatic rings. The van der Waals surface area contributed by atoms with E-state index in [2.05, 4.69) is 15.4 Å². The van der Waals surface area contributed by atoms with E-state index in [1.165, 1.54) is 0 Å². The SMILES string of the molecule is CCCCNC(=O)OC(=O)NCCCC. The first-order valence-electron chi connectivity index (χ1n) is 5.44. The zero-order valence-electron chi connectivity index (χ0n) is 9.47. The first-order chi connectivity index (χ1) is 7.20. The summed E-state index contributed by atoms with van der Waals surface area (Å²) in [6.45, 7) is 5.12. The van der Waals surface area contributed by atoms with Crippen molar-refractivity contribution in [1.82, 2.24) is 10.6 Å².